The van der Waals surface area contributed by atoms with Crippen molar-refractivity contribution in [2.24, 2.45) is 11.7 Å². The Morgan fingerprint density at radius 1 is 1.17 bits per heavy atom. The Kier molecular flexibility index (Phi) is 3.41. The lowest BCUT2D eigenvalue weighted by Gasteiger charge is -2.51. The fourth-order valence-corrected chi connectivity index (χ4v) is 4.81. The molecule has 0 saturated carbocycles. The molecule has 0 radical (unpaired) electrons. The maximum absolute atomic E-state index is 6.29. The van der Waals surface area contributed by atoms with E-state index in [-0.39, 0.29) is 0 Å². The second kappa shape index (κ2) is 4.77. The van der Waals surface area contributed by atoms with Crippen molar-refractivity contribution in [2.75, 3.05) is 26.2 Å². The van der Waals surface area contributed by atoms with E-state index in [2.05, 4.69) is 23.6 Å². The van der Waals surface area contributed by atoms with Crippen LogP contribution in [0.15, 0.2) is 0 Å². The second-order valence-corrected chi connectivity index (χ2v) is 6.94. The highest BCUT2D eigenvalue weighted by Crippen LogP contribution is 2.42. The van der Waals surface area contributed by atoms with Crippen LogP contribution < -0.4 is 5.73 Å². The molecule has 0 aromatic carbocycles. The summed E-state index contributed by atoms with van der Waals surface area (Å²) in [4.78, 5) is 5.51. The minimum Gasteiger partial charge on any atom is -0.329 e. The zero-order chi connectivity index (χ0) is 12.8. The van der Waals surface area contributed by atoms with Crippen LogP contribution in [0.1, 0.15) is 46.0 Å². The molecule has 3 saturated heterocycles. The van der Waals surface area contributed by atoms with E-state index in [1.165, 1.54) is 51.7 Å². The molecule has 0 spiro atoms. The minimum atomic E-state index is 0.296. The lowest BCUT2D eigenvalue weighted by atomic mass is 9.81. The molecule has 3 rings (SSSR count). The summed E-state index contributed by atoms with van der Waals surface area (Å²) in [5, 5.41) is 0. The topological polar surface area (TPSA) is 32.5 Å². The Balaban J connectivity index is 1.86. The van der Waals surface area contributed by atoms with Gasteiger partial charge in [0.2, 0.25) is 0 Å². The average Bonchev–Trinajstić information content (AvgIpc) is 2.94. The van der Waals surface area contributed by atoms with Crippen LogP contribution in [0.3, 0.4) is 0 Å². The number of likely N-dealkylation sites (tertiary alicyclic amines) is 1. The van der Waals surface area contributed by atoms with Gasteiger partial charge in [-0.05, 0) is 51.5 Å². The van der Waals surface area contributed by atoms with Crippen LogP contribution in [-0.2, 0) is 0 Å². The predicted molar refractivity (Wildman–Crippen MR) is 75.6 cm³/mol. The van der Waals surface area contributed by atoms with E-state index < -0.39 is 0 Å². The molecule has 3 aliphatic rings. The molecule has 0 aliphatic carbocycles. The number of rotatable bonds is 2. The van der Waals surface area contributed by atoms with E-state index in [4.69, 9.17) is 5.73 Å². The van der Waals surface area contributed by atoms with Crippen molar-refractivity contribution in [2.45, 2.75) is 63.6 Å². The van der Waals surface area contributed by atoms with Crippen molar-refractivity contribution >= 4 is 0 Å². The van der Waals surface area contributed by atoms with Gasteiger partial charge in [-0.25, -0.2) is 0 Å². The normalized spacial score (nSPS) is 46.5. The number of nitrogens with zero attached hydrogens (tertiary/aromatic N) is 2. The zero-order valence-corrected chi connectivity index (χ0v) is 12.1. The lowest BCUT2D eigenvalue weighted by molar-refractivity contribution is -0.00583. The van der Waals surface area contributed by atoms with Gasteiger partial charge in [0.25, 0.3) is 0 Å². The van der Waals surface area contributed by atoms with Crippen LogP contribution >= 0.6 is 0 Å². The molecule has 0 aromatic rings. The molecule has 4 atom stereocenters. The molecule has 3 fully saturated rings. The van der Waals surface area contributed by atoms with Crippen molar-refractivity contribution in [3.8, 4) is 0 Å². The smallest absolute Gasteiger partial charge is 0.0501 e. The third-order valence-electron chi connectivity index (χ3n) is 5.86. The Bertz CT molecular complexity index is 306. The second-order valence-electron chi connectivity index (χ2n) is 6.94. The van der Waals surface area contributed by atoms with Crippen molar-refractivity contribution in [1.82, 2.24) is 9.80 Å². The molecule has 2 N–H and O–H groups in total. The van der Waals surface area contributed by atoms with Gasteiger partial charge >= 0.3 is 0 Å². The monoisotopic (exact) mass is 251 g/mol. The van der Waals surface area contributed by atoms with Gasteiger partial charge in [-0.3, -0.25) is 9.80 Å². The highest BCUT2D eigenvalue weighted by Gasteiger charge is 2.53. The summed E-state index contributed by atoms with van der Waals surface area (Å²) < 4.78 is 0. The Morgan fingerprint density at radius 3 is 2.78 bits per heavy atom. The van der Waals surface area contributed by atoms with Gasteiger partial charge in [0, 0.05) is 31.7 Å². The molecule has 104 valence electrons. The standard InChI is InChI=1S/C15H29N3/c1-12-5-6-13(2)18(10-12)15(11-16)7-9-17-8-3-4-14(15)17/h12-14H,3-11,16H2,1-2H3. The van der Waals surface area contributed by atoms with E-state index in [9.17, 15) is 0 Å². The summed E-state index contributed by atoms with van der Waals surface area (Å²) in [5.41, 5.74) is 6.59. The molecule has 0 amide bonds. The summed E-state index contributed by atoms with van der Waals surface area (Å²) in [6.45, 7) is 9.53. The van der Waals surface area contributed by atoms with Crippen molar-refractivity contribution < 1.29 is 0 Å². The molecule has 3 heterocycles. The van der Waals surface area contributed by atoms with E-state index in [1.54, 1.807) is 0 Å². The van der Waals surface area contributed by atoms with Crippen LogP contribution in [0.5, 0.6) is 0 Å². The van der Waals surface area contributed by atoms with Gasteiger partial charge in [-0.2, -0.15) is 0 Å². The summed E-state index contributed by atoms with van der Waals surface area (Å²) in [7, 11) is 0. The van der Waals surface area contributed by atoms with E-state index >= 15 is 0 Å². The summed E-state index contributed by atoms with van der Waals surface area (Å²) in [6, 6.07) is 1.47. The largest absolute Gasteiger partial charge is 0.329 e. The Hall–Kier alpha value is -0.120. The number of piperidine rings is 1. The van der Waals surface area contributed by atoms with E-state index in [0.29, 0.717) is 5.54 Å². The van der Waals surface area contributed by atoms with Gasteiger partial charge in [0.15, 0.2) is 0 Å². The fourth-order valence-electron chi connectivity index (χ4n) is 4.81. The van der Waals surface area contributed by atoms with Gasteiger partial charge in [0.05, 0.1) is 5.54 Å². The van der Waals surface area contributed by atoms with Crippen LogP contribution in [-0.4, -0.2) is 53.6 Å². The molecule has 18 heavy (non-hydrogen) atoms. The summed E-state index contributed by atoms with van der Waals surface area (Å²) in [6.07, 6.45) is 6.80. The maximum Gasteiger partial charge on any atom is 0.0501 e. The first kappa shape index (κ1) is 12.9. The average molecular weight is 251 g/mol. The van der Waals surface area contributed by atoms with Crippen molar-refractivity contribution in [3.63, 3.8) is 0 Å². The van der Waals surface area contributed by atoms with E-state index in [1.807, 2.05) is 0 Å². The number of hydrogen-bond acceptors (Lipinski definition) is 3. The van der Waals surface area contributed by atoms with Crippen LogP contribution in [0.25, 0.3) is 0 Å². The Labute approximate surface area is 112 Å². The first-order chi connectivity index (χ1) is 8.67. The van der Waals surface area contributed by atoms with Gasteiger partial charge in [-0.1, -0.05) is 6.92 Å². The molecule has 0 bridgehead atoms. The van der Waals surface area contributed by atoms with Gasteiger partial charge in [0.1, 0.15) is 0 Å². The summed E-state index contributed by atoms with van der Waals surface area (Å²) >= 11 is 0. The first-order valence-electron chi connectivity index (χ1n) is 7.88. The van der Waals surface area contributed by atoms with Gasteiger partial charge < -0.3 is 5.73 Å². The third kappa shape index (κ3) is 1.83. The molecule has 0 aromatic heterocycles. The Morgan fingerprint density at radius 2 is 2.00 bits per heavy atom. The highest BCUT2D eigenvalue weighted by molar-refractivity contribution is 5.11. The zero-order valence-electron chi connectivity index (χ0n) is 12.1. The number of fused-ring (bicyclic) bond motifs is 1. The lowest BCUT2D eigenvalue weighted by Crippen LogP contribution is -2.64. The maximum atomic E-state index is 6.29. The SMILES string of the molecule is CC1CCC(C)N(C2(CN)CCN3CCCC32)C1. The third-order valence-corrected chi connectivity index (χ3v) is 5.86. The van der Waals surface area contributed by atoms with Crippen LogP contribution in [0.4, 0.5) is 0 Å². The molecule has 3 aliphatic heterocycles. The molecular formula is C15H29N3. The molecule has 4 unspecified atom stereocenters. The molecule has 3 heteroatoms. The van der Waals surface area contributed by atoms with Crippen LogP contribution in [0, 0.1) is 5.92 Å². The predicted octanol–water partition coefficient (Wildman–Crippen LogP) is 1.67. The minimum absolute atomic E-state index is 0.296. The fraction of sp³-hybridized carbons (Fsp3) is 1.00. The molecule has 3 nitrogen and oxygen atoms in total. The molecular weight excluding hydrogens is 222 g/mol. The number of nitrogens with two attached hydrogens (primary N) is 1. The van der Waals surface area contributed by atoms with E-state index in [0.717, 1.165) is 24.5 Å². The number of hydrogen-bond donors (Lipinski definition) is 1. The quantitative estimate of drug-likeness (QED) is 0.810. The van der Waals surface area contributed by atoms with Gasteiger partial charge in [-0.15, -0.1) is 0 Å². The van der Waals surface area contributed by atoms with Crippen molar-refractivity contribution in [3.05, 3.63) is 0 Å². The van der Waals surface area contributed by atoms with Crippen LogP contribution in [0.2, 0.25) is 0 Å². The summed E-state index contributed by atoms with van der Waals surface area (Å²) in [5.74, 6) is 0.847. The van der Waals surface area contributed by atoms with Crippen molar-refractivity contribution in [1.29, 1.82) is 0 Å². The highest BCUT2D eigenvalue weighted by atomic mass is 15.3. The first-order valence-corrected chi connectivity index (χ1v) is 7.88.